The van der Waals surface area contributed by atoms with Crippen molar-refractivity contribution in [1.29, 1.82) is 0 Å². The quantitative estimate of drug-likeness (QED) is 0.0799. The van der Waals surface area contributed by atoms with Crippen LogP contribution in [0.4, 0.5) is 0 Å². The molecule has 0 saturated carbocycles. The fraction of sp³-hybridized carbons (Fsp3) is 1.00. The molecule has 0 aromatic heterocycles. The summed E-state index contributed by atoms with van der Waals surface area (Å²) in [7, 11) is -9.23. The molecule has 1 atom stereocenters. The minimum Gasteiger partial charge on any atom is -0.790 e. The minimum absolute atomic E-state index is 0. The van der Waals surface area contributed by atoms with E-state index in [9.17, 15) is 23.8 Å². The molecule has 0 aliphatic rings. The zero-order chi connectivity index (χ0) is 24.6. The summed E-state index contributed by atoms with van der Waals surface area (Å²) in [5.74, 6) is 0. The van der Waals surface area contributed by atoms with Gasteiger partial charge in [-0.3, -0.25) is 4.57 Å². The van der Waals surface area contributed by atoms with Gasteiger partial charge >= 0.3 is 88.7 Å². The predicted octanol–water partition coefficient (Wildman–Crippen LogP) is -3.63. The van der Waals surface area contributed by atoms with Crippen molar-refractivity contribution in [1.82, 2.24) is 0 Å². The number of phosphoric acid groups is 2. The number of hydrogen-bond acceptors (Lipinski definition) is 7. The normalized spacial score (nSPS) is 12.3. The minimum atomic E-state index is -4.74. The van der Waals surface area contributed by atoms with Crippen LogP contribution in [0, 0.1) is 0 Å². The van der Waals surface area contributed by atoms with Crippen LogP contribution in [0.5, 0.6) is 0 Å². The second-order valence-electron chi connectivity index (χ2n) is 8.24. The maximum Gasteiger partial charge on any atom is 1.00 e. The third kappa shape index (κ3) is 54.1. The summed E-state index contributed by atoms with van der Waals surface area (Å²) in [6.45, 7) is 4.55. The number of rotatable bonds is 22. The van der Waals surface area contributed by atoms with E-state index in [4.69, 9.17) is 4.89 Å². The molecule has 0 aliphatic carbocycles. The molecule has 1 unspecified atom stereocenters. The van der Waals surface area contributed by atoms with Crippen molar-refractivity contribution in [3.8, 4) is 0 Å². The van der Waals surface area contributed by atoms with Crippen LogP contribution >= 0.6 is 15.6 Å². The number of unbranched alkanes of at least 4 members (excludes halogenated alkanes) is 16. The van der Waals surface area contributed by atoms with Gasteiger partial charge in [0.15, 0.2) is 0 Å². The third-order valence-corrected chi connectivity index (χ3v) is 6.01. The van der Waals surface area contributed by atoms with Gasteiger partial charge in [0.2, 0.25) is 0 Å². The van der Waals surface area contributed by atoms with Crippen LogP contribution < -0.4 is 103 Å². The Morgan fingerprint density at radius 3 is 1.03 bits per heavy atom. The average Bonchev–Trinajstić information content (AvgIpc) is 2.70. The van der Waals surface area contributed by atoms with Crippen LogP contribution in [-0.2, 0) is 18.2 Å². The molecule has 0 radical (unpaired) electrons. The molecule has 0 saturated heterocycles. The van der Waals surface area contributed by atoms with Gasteiger partial charge in [-0.15, -0.1) is 0 Å². The van der Waals surface area contributed by atoms with Gasteiger partial charge in [-0.25, -0.2) is 0 Å². The first-order chi connectivity index (χ1) is 15.1. The SMILES string of the molecule is CCCCCCCCCCCCOP(=O)([O-])[O-].CCCCCCCCCCOP(=O)([O-])O.[Na+].[Na+].[Na+]. The number of phosphoric ester groups is 2. The Morgan fingerprint density at radius 2 is 0.771 bits per heavy atom. The van der Waals surface area contributed by atoms with E-state index >= 15 is 0 Å². The zero-order valence-electron chi connectivity index (χ0n) is 23.3. The van der Waals surface area contributed by atoms with E-state index in [1.165, 1.54) is 77.0 Å². The van der Waals surface area contributed by atoms with E-state index in [1.54, 1.807) is 0 Å². The van der Waals surface area contributed by atoms with E-state index in [1.807, 2.05) is 0 Å². The molecule has 0 heterocycles. The Bertz CT molecular complexity index is 480. The molecule has 13 heteroatoms. The van der Waals surface area contributed by atoms with Crippen molar-refractivity contribution in [3.63, 3.8) is 0 Å². The topological polar surface area (TPSA) is 142 Å². The van der Waals surface area contributed by atoms with Gasteiger partial charge < -0.3 is 33.2 Å². The maximum atomic E-state index is 10.2. The molecule has 0 spiro atoms. The summed E-state index contributed by atoms with van der Waals surface area (Å²) in [4.78, 5) is 38.8. The average molecular weight is 571 g/mol. The summed E-state index contributed by atoms with van der Waals surface area (Å²) in [5, 5.41) is 0. The van der Waals surface area contributed by atoms with Gasteiger partial charge in [0.1, 0.15) is 0 Å². The molecule has 8 nitrogen and oxygen atoms in total. The predicted molar refractivity (Wildman–Crippen MR) is 124 cm³/mol. The van der Waals surface area contributed by atoms with Crippen molar-refractivity contribution in [2.75, 3.05) is 13.2 Å². The maximum absolute atomic E-state index is 10.2. The summed E-state index contributed by atoms with van der Waals surface area (Å²) in [6.07, 6.45) is 20.8. The van der Waals surface area contributed by atoms with Crippen LogP contribution in [0.25, 0.3) is 0 Å². The van der Waals surface area contributed by atoms with Crippen LogP contribution in [0.2, 0.25) is 0 Å². The smallest absolute Gasteiger partial charge is 0.790 e. The van der Waals surface area contributed by atoms with Crippen molar-refractivity contribution in [3.05, 3.63) is 0 Å². The zero-order valence-corrected chi connectivity index (χ0v) is 31.1. The van der Waals surface area contributed by atoms with Crippen molar-refractivity contribution in [2.45, 2.75) is 129 Å². The van der Waals surface area contributed by atoms with Gasteiger partial charge in [-0.2, -0.15) is 0 Å². The van der Waals surface area contributed by atoms with Gasteiger partial charge in [0, 0.05) is 0 Å². The van der Waals surface area contributed by atoms with Crippen molar-refractivity contribution in [2.24, 2.45) is 0 Å². The summed E-state index contributed by atoms with van der Waals surface area (Å²) < 4.78 is 28.7. The molecule has 0 aromatic carbocycles. The molecule has 0 aliphatic heterocycles. The summed E-state index contributed by atoms with van der Waals surface area (Å²) in [6, 6.07) is 0. The molecule has 1 N–H and O–H groups in total. The second kappa shape index (κ2) is 35.2. The Morgan fingerprint density at radius 1 is 0.514 bits per heavy atom. The van der Waals surface area contributed by atoms with Crippen molar-refractivity contribution < 1.29 is 126 Å². The molecule has 0 aromatic rings. The third-order valence-electron chi connectivity index (χ3n) is 5.00. The first-order valence-corrected chi connectivity index (χ1v) is 15.4. The Kier molecular flexibility index (Phi) is 48.3. The van der Waals surface area contributed by atoms with Crippen LogP contribution in [0.3, 0.4) is 0 Å². The van der Waals surface area contributed by atoms with E-state index in [2.05, 4.69) is 22.9 Å². The fourth-order valence-corrected chi connectivity index (χ4v) is 3.89. The first kappa shape index (κ1) is 48.0. The molecule has 0 rings (SSSR count). The molecular weight excluding hydrogens is 523 g/mol. The summed E-state index contributed by atoms with van der Waals surface area (Å²) >= 11 is 0. The first-order valence-electron chi connectivity index (χ1n) is 12.5. The molecule has 0 amide bonds. The van der Waals surface area contributed by atoms with Gasteiger partial charge in [-0.05, 0) is 12.8 Å². The fourth-order valence-electron chi connectivity index (χ4n) is 3.18. The van der Waals surface area contributed by atoms with Crippen molar-refractivity contribution >= 4 is 15.6 Å². The number of hydrogen-bond donors (Lipinski definition) is 1. The molecule has 0 fully saturated rings. The van der Waals surface area contributed by atoms with Gasteiger partial charge in [0.25, 0.3) is 7.82 Å². The Hall–Kier alpha value is 3.22. The Balaban J connectivity index is -0.000000159. The largest absolute Gasteiger partial charge is 1.00 e. The summed E-state index contributed by atoms with van der Waals surface area (Å²) in [5.41, 5.74) is 0. The van der Waals surface area contributed by atoms with E-state index in [0.29, 0.717) is 12.8 Å². The van der Waals surface area contributed by atoms with E-state index < -0.39 is 15.6 Å². The standard InChI is InChI=1S/C12H27O4P.C10H23O4P.3Na/c1-2-3-4-5-6-7-8-9-10-11-12-16-17(13,14)15;1-2-3-4-5-6-7-8-9-10-14-15(11,12)13;;;/h2-12H2,1H3,(H2,13,14,15);2-10H2,1H3,(H2,11,12,13);;;/q;;3*+1/p-3. The van der Waals surface area contributed by atoms with Gasteiger partial charge in [0.05, 0.1) is 21.0 Å². The van der Waals surface area contributed by atoms with E-state index in [-0.39, 0.29) is 102 Å². The van der Waals surface area contributed by atoms with Crippen LogP contribution in [0.1, 0.15) is 129 Å². The van der Waals surface area contributed by atoms with Gasteiger partial charge in [-0.1, -0.05) is 117 Å². The molecular formula is C22H47Na3O8P2. The monoisotopic (exact) mass is 570 g/mol. The second-order valence-corrected chi connectivity index (χ2v) is 10.6. The molecule has 0 bridgehead atoms. The molecule has 196 valence electrons. The van der Waals surface area contributed by atoms with E-state index in [0.717, 1.165) is 25.7 Å². The van der Waals surface area contributed by atoms with Crippen LogP contribution in [-0.4, -0.2) is 18.1 Å². The van der Waals surface area contributed by atoms with Crippen LogP contribution in [0.15, 0.2) is 0 Å². The molecule has 35 heavy (non-hydrogen) atoms. The Labute approximate surface area is 281 Å².